The number of carbonyl (C=O) groups excluding carboxylic acids is 1. The van der Waals surface area contributed by atoms with Gasteiger partial charge < -0.3 is 15.0 Å². The van der Waals surface area contributed by atoms with Crippen LogP contribution >= 0.6 is 0 Å². The molecular weight excluding hydrogens is 230 g/mol. The molecule has 0 aliphatic carbocycles. The molecule has 0 atom stereocenters. The molecule has 1 fully saturated rings. The van der Waals surface area contributed by atoms with Gasteiger partial charge in [0.2, 0.25) is 0 Å². The third-order valence-electron chi connectivity index (χ3n) is 2.73. The normalized spacial score (nSPS) is 15.2. The molecule has 2 heterocycles. The van der Waals surface area contributed by atoms with E-state index in [1.165, 1.54) is 0 Å². The second kappa shape index (κ2) is 6.16. The lowest BCUT2D eigenvalue weighted by Crippen LogP contribution is -2.40. The maximum Gasteiger partial charge on any atom is 0.255 e. The van der Waals surface area contributed by atoms with Crippen LogP contribution in [0.4, 0.5) is 5.69 Å². The molecule has 1 aromatic rings. The maximum absolute atomic E-state index is 12.2. The lowest BCUT2D eigenvalue weighted by molar-refractivity contribution is 0.0302. The van der Waals surface area contributed by atoms with E-state index in [9.17, 15) is 4.79 Å². The predicted molar refractivity (Wildman–Crippen MR) is 69.6 cm³/mol. The largest absolute Gasteiger partial charge is 0.380 e. The van der Waals surface area contributed by atoms with Gasteiger partial charge in [0, 0.05) is 32.0 Å². The Hall–Kier alpha value is -1.88. The summed E-state index contributed by atoms with van der Waals surface area (Å²) in [6.07, 6.45) is 5.05. The van der Waals surface area contributed by atoms with Gasteiger partial charge in [0.05, 0.1) is 24.5 Å². The van der Waals surface area contributed by atoms with Crippen molar-refractivity contribution in [3.63, 3.8) is 0 Å². The minimum Gasteiger partial charge on any atom is -0.380 e. The number of aromatic nitrogens is 1. The zero-order valence-electron chi connectivity index (χ0n) is 10.3. The quantitative estimate of drug-likeness (QED) is 0.811. The van der Waals surface area contributed by atoms with Crippen LogP contribution in [0.3, 0.4) is 0 Å². The molecular formula is C13H17N3O2. The lowest BCUT2D eigenvalue weighted by atomic mass is 10.2. The van der Waals surface area contributed by atoms with Crippen LogP contribution in [-0.2, 0) is 4.74 Å². The van der Waals surface area contributed by atoms with Crippen molar-refractivity contribution in [2.45, 2.75) is 0 Å². The van der Waals surface area contributed by atoms with Gasteiger partial charge in [-0.15, -0.1) is 6.58 Å². The number of ether oxygens (including phenoxy) is 1. The highest BCUT2D eigenvalue weighted by Crippen LogP contribution is 2.11. The second-order valence-corrected chi connectivity index (χ2v) is 4.04. The Kier molecular flexibility index (Phi) is 4.30. The summed E-state index contributed by atoms with van der Waals surface area (Å²) in [4.78, 5) is 18.1. The highest BCUT2D eigenvalue weighted by molar-refractivity contribution is 5.94. The summed E-state index contributed by atoms with van der Waals surface area (Å²) in [5, 5.41) is 3.12. The van der Waals surface area contributed by atoms with Gasteiger partial charge >= 0.3 is 0 Å². The molecule has 0 aromatic carbocycles. The first-order valence-corrected chi connectivity index (χ1v) is 5.98. The molecule has 1 aliphatic heterocycles. The van der Waals surface area contributed by atoms with E-state index in [2.05, 4.69) is 16.9 Å². The zero-order valence-corrected chi connectivity index (χ0v) is 10.3. The molecule has 2 rings (SSSR count). The fourth-order valence-corrected chi connectivity index (χ4v) is 1.79. The molecule has 5 nitrogen and oxygen atoms in total. The van der Waals surface area contributed by atoms with Crippen molar-refractivity contribution >= 4 is 11.6 Å². The number of pyridine rings is 1. The summed E-state index contributed by atoms with van der Waals surface area (Å²) < 4.78 is 5.23. The topological polar surface area (TPSA) is 54.5 Å². The summed E-state index contributed by atoms with van der Waals surface area (Å²) in [6, 6.07) is 1.81. The number of anilines is 1. The fourth-order valence-electron chi connectivity index (χ4n) is 1.79. The molecule has 0 unspecified atom stereocenters. The van der Waals surface area contributed by atoms with Crippen LogP contribution in [-0.4, -0.2) is 48.6 Å². The smallest absolute Gasteiger partial charge is 0.255 e. The lowest BCUT2D eigenvalue weighted by Gasteiger charge is -2.26. The van der Waals surface area contributed by atoms with E-state index in [1.54, 1.807) is 23.4 Å². The van der Waals surface area contributed by atoms with Gasteiger partial charge in [0.25, 0.3) is 5.91 Å². The molecule has 0 spiro atoms. The number of amides is 1. The summed E-state index contributed by atoms with van der Waals surface area (Å²) in [5.41, 5.74) is 1.43. The van der Waals surface area contributed by atoms with E-state index < -0.39 is 0 Å². The molecule has 96 valence electrons. The summed E-state index contributed by atoms with van der Waals surface area (Å²) in [7, 11) is 0. The Balaban J connectivity index is 2.06. The molecule has 0 bridgehead atoms. The van der Waals surface area contributed by atoms with Gasteiger partial charge in [-0.05, 0) is 6.07 Å². The maximum atomic E-state index is 12.2. The number of carbonyl (C=O) groups is 1. The first-order chi connectivity index (χ1) is 8.81. The van der Waals surface area contributed by atoms with E-state index in [-0.39, 0.29) is 5.91 Å². The third-order valence-corrected chi connectivity index (χ3v) is 2.73. The van der Waals surface area contributed by atoms with E-state index in [0.717, 1.165) is 5.69 Å². The van der Waals surface area contributed by atoms with Gasteiger partial charge in [-0.2, -0.15) is 0 Å². The van der Waals surface area contributed by atoms with Crippen molar-refractivity contribution in [1.29, 1.82) is 0 Å². The Bertz CT molecular complexity index is 428. The standard InChI is InChI=1S/C13H17N3O2/c1-2-3-15-12-8-11(9-14-10-12)13(17)16-4-6-18-7-5-16/h2,8-10,15H,1,3-7H2. The SMILES string of the molecule is C=CCNc1cncc(C(=O)N2CCOCC2)c1. The van der Waals surface area contributed by atoms with Crippen LogP contribution in [0.5, 0.6) is 0 Å². The highest BCUT2D eigenvalue weighted by Gasteiger charge is 2.18. The van der Waals surface area contributed by atoms with Crippen LogP contribution in [0, 0.1) is 0 Å². The Labute approximate surface area is 106 Å². The van der Waals surface area contributed by atoms with Crippen LogP contribution in [0.15, 0.2) is 31.1 Å². The number of nitrogens with one attached hydrogen (secondary N) is 1. The molecule has 1 saturated heterocycles. The Morgan fingerprint density at radius 2 is 2.28 bits per heavy atom. The van der Waals surface area contributed by atoms with E-state index in [1.807, 2.05) is 6.07 Å². The number of hydrogen-bond donors (Lipinski definition) is 1. The monoisotopic (exact) mass is 247 g/mol. The highest BCUT2D eigenvalue weighted by atomic mass is 16.5. The van der Waals surface area contributed by atoms with E-state index >= 15 is 0 Å². The van der Waals surface area contributed by atoms with E-state index in [4.69, 9.17) is 4.74 Å². The van der Waals surface area contributed by atoms with Gasteiger partial charge in [0.15, 0.2) is 0 Å². The molecule has 1 aromatic heterocycles. The molecule has 0 radical (unpaired) electrons. The van der Waals surface area contributed by atoms with E-state index in [0.29, 0.717) is 38.4 Å². The summed E-state index contributed by atoms with van der Waals surface area (Å²) in [5.74, 6) is 0.00746. The number of nitrogens with zero attached hydrogens (tertiary/aromatic N) is 2. The van der Waals surface area contributed by atoms with Gasteiger partial charge in [-0.3, -0.25) is 9.78 Å². The van der Waals surface area contributed by atoms with Gasteiger partial charge in [-0.1, -0.05) is 6.08 Å². The average Bonchev–Trinajstić information content (AvgIpc) is 2.45. The first kappa shape index (κ1) is 12.6. The van der Waals surface area contributed by atoms with Crippen LogP contribution in [0.25, 0.3) is 0 Å². The molecule has 18 heavy (non-hydrogen) atoms. The Morgan fingerprint density at radius 1 is 1.50 bits per heavy atom. The summed E-state index contributed by atoms with van der Waals surface area (Å²) in [6.45, 7) is 6.78. The van der Waals surface area contributed by atoms with Gasteiger partial charge in [-0.25, -0.2) is 0 Å². The molecule has 0 saturated carbocycles. The van der Waals surface area contributed by atoms with Gasteiger partial charge in [0.1, 0.15) is 0 Å². The number of morpholine rings is 1. The van der Waals surface area contributed by atoms with Crippen molar-refractivity contribution in [1.82, 2.24) is 9.88 Å². The molecule has 1 N–H and O–H groups in total. The predicted octanol–water partition coefficient (Wildman–Crippen LogP) is 1.15. The van der Waals surface area contributed by atoms with Crippen molar-refractivity contribution in [2.75, 3.05) is 38.2 Å². The van der Waals surface area contributed by atoms with Crippen LogP contribution in [0.2, 0.25) is 0 Å². The molecule has 5 heteroatoms. The minimum atomic E-state index is 0.00746. The Morgan fingerprint density at radius 3 is 3.00 bits per heavy atom. The number of rotatable bonds is 4. The summed E-state index contributed by atoms with van der Waals surface area (Å²) >= 11 is 0. The number of hydrogen-bond acceptors (Lipinski definition) is 4. The van der Waals surface area contributed by atoms with Crippen molar-refractivity contribution in [3.8, 4) is 0 Å². The molecule has 1 amide bonds. The zero-order chi connectivity index (χ0) is 12.8. The average molecular weight is 247 g/mol. The second-order valence-electron chi connectivity index (χ2n) is 4.04. The van der Waals surface area contributed by atoms with Crippen LogP contribution < -0.4 is 5.32 Å². The minimum absolute atomic E-state index is 0.00746. The first-order valence-electron chi connectivity index (χ1n) is 5.98. The third kappa shape index (κ3) is 3.07. The van der Waals surface area contributed by atoms with Crippen molar-refractivity contribution in [2.24, 2.45) is 0 Å². The van der Waals surface area contributed by atoms with Crippen LogP contribution in [0.1, 0.15) is 10.4 Å². The van der Waals surface area contributed by atoms with Crippen molar-refractivity contribution in [3.05, 3.63) is 36.7 Å². The fraction of sp³-hybridized carbons (Fsp3) is 0.385. The van der Waals surface area contributed by atoms with Crippen molar-refractivity contribution < 1.29 is 9.53 Å². The molecule has 1 aliphatic rings.